The van der Waals surface area contributed by atoms with Gasteiger partial charge in [-0.3, -0.25) is 0 Å². The zero-order valence-corrected chi connectivity index (χ0v) is 13.4. The molecule has 0 saturated carbocycles. The van der Waals surface area contributed by atoms with E-state index in [1.165, 1.54) is 0 Å². The summed E-state index contributed by atoms with van der Waals surface area (Å²) >= 11 is 10.1. The van der Waals surface area contributed by atoms with Crippen LogP contribution >= 0.6 is 27.5 Å². The highest BCUT2D eigenvalue weighted by atomic mass is 79.9. The molecular weight excluding hydrogens is 336 g/mol. The lowest BCUT2D eigenvalue weighted by atomic mass is 10.1. The largest absolute Gasteiger partial charge is 0.327 e. The number of hydrogen-bond acceptors (Lipinski definition) is 1. The Balaban J connectivity index is 2.16. The molecule has 0 amide bonds. The first-order valence-corrected chi connectivity index (χ1v) is 7.78. The first-order valence-electron chi connectivity index (χ1n) is 6.55. The summed E-state index contributed by atoms with van der Waals surface area (Å²) in [6.07, 6.45) is 0. The van der Waals surface area contributed by atoms with Gasteiger partial charge < -0.3 is 4.57 Å². The molecule has 1 atom stereocenters. The molecule has 3 rings (SSSR count). The summed E-state index contributed by atoms with van der Waals surface area (Å²) in [5.74, 6) is 0.897. The van der Waals surface area contributed by atoms with Gasteiger partial charge in [-0.1, -0.05) is 46.3 Å². The highest BCUT2D eigenvalue weighted by Crippen LogP contribution is 2.31. The van der Waals surface area contributed by atoms with Crippen LogP contribution < -0.4 is 0 Å². The first kappa shape index (κ1) is 13.7. The van der Waals surface area contributed by atoms with Crippen molar-refractivity contribution in [1.82, 2.24) is 9.55 Å². The fourth-order valence-electron chi connectivity index (χ4n) is 2.42. The van der Waals surface area contributed by atoms with E-state index in [0.29, 0.717) is 0 Å². The van der Waals surface area contributed by atoms with Gasteiger partial charge in [0.2, 0.25) is 0 Å². The van der Waals surface area contributed by atoms with Crippen molar-refractivity contribution >= 4 is 38.6 Å². The molecule has 0 radical (unpaired) electrons. The van der Waals surface area contributed by atoms with Gasteiger partial charge >= 0.3 is 0 Å². The van der Waals surface area contributed by atoms with Crippen LogP contribution in [0.1, 0.15) is 23.7 Å². The molecule has 0 aliphatic heterocycles. The molecule has 1 aromatic heterocycles. The summed E-state index contributed by atoms with van der Waals surface area (Å²) in [7, 11) is 0. The third-order valence-electron chi connectivity index (χ3n) is 3.37. The number of halogens is 2. The second-order valence-corrected chi connectivity index (χ2v) is 5.97. The van der Waals surface area contributed by atoms with E-state index in [-0.39, 0.29) is 5.38 Å². The van der Waals surface area contributed by atoms with Crippen molar-refractivity contribution in [3.05, 3.63) is 64.4 Å². The summed E-state index contributed by atoms with van der Waals surface area (Å²) in [4.78, 5) is 4.72. The molecule has 20 heavy (non-hydrogen) atoms. The maximum atomic E-state index is 6.63. The molecule has 1 heterocycles. The molecule has 2 aromatic carbocycles. The number of nitrogens with zero attached hydrogens (tertiary/aromatic N) is 2. The monoisotopic (exact) mass is 348 g/mol. The molecule has 0 spiro atoms. The number of benzene rings is 2. The smallest absolute Gasteiger partial charge is 0.132 e. The molecule has 3 aromatic rings. The lowest BCUT2D eigenvalue weighted by molar-refractivity contribution is 0.726. The van der Waals surface area contributed by atoms with Crippen LogP contribution in [0.3, 0.4) is 0 Å². The number of alkyl halides is 1. The summed E-state index contributed by atoms with van der Waals surface area (Å²) in [5, 5.41) is -0.234. The Morgan fingerprint density at radius 2 is 1.95 bits per heavy atom. The molecule has 0 N–H and O–H groups in total. The fraction of sp³-hybridized carbons (Fsp3) is 0.188. The Morgan fingerprint density at radius 3 is 2.65 bits per heavy atom. The highest BCUT2D eigenvalue weighted by molar-refractivity contribution is 9.10. The van der Waals surface area contributed by atoms with Crippen LogP contribution in [0.4, 0.5) is 0 Å². The van der Waals surface area contributed by atoms with E-state index in [0.717, 1.165) is 33.4 Å². The average molecular weight is 350 g/mol. The van der Waals surface area contributed by atoms with E-state index in [4.69, 9.17) is 16.6 Å². The Kier molecular flexibility index (Phi) is 3.81. The summed E-state index contributed by atoms with van der Waals surface area (Å²) < 4.78 is 3.20. The van der Waals surface area contributed by atoms with Crippen molar-refractivity contribution < 1.29 is 0 Å². The maximum Gasteiger partial charge on any atom is 0.132 e. The van der Waals surface area contributed by atoms with Crippen LogP contribution in [0.5, 0.6) is 0 Å². The van der Waals surface area contributed by atoms with Gasteiger partial charge in [-0.05, 0) is 30.7 Å². The number of rotatable bonds is 3. The quantitative estimate of drug-likeness (QED) is 0.598. The topological polar surface area (TPSA) is 17.8 Å². The number of fused-ring (bicyclic) bond motifs is 1. The summed E-state index contributed by atoms with van der Waals surface area (Å²) in [6.45, 7) is 2.96. The SMILES string of the molecule is CCn1c(C(Cl)c2ccccc2)nc2cc(Br)ccc21. The van der Waals surface area contributed by atoms with Gasteiger partial charge in [-0.15, -0.1) is 11.6 Å². The van der Waals surface area contributed by atoms with Crippen molar-refractivity contribution in [3.8, 4) is 0 Å². The Labute approximate surface area is 131 Å². The van der Waals surface area contributed by atoms with Gasteiger partial charge in [0, 0.05) is 11.0 Å². The molecule has 4 heteroatoms. The van der Waals surface area contributed by atoms with E-state index >= 15 is 0 Å². The van der Waals surface area contributed by atoms with E-state index in [2.05, 4.69) is 33.5 Å². The van der Waals surface area contributed by atoms with Crippen LogP contribution in [0, 0.1) is 0 Å². The molecule has 0 aliphatic rings. The van der Waals surface area contributed by atoms with Crippen LogP contribution in [0.2, 0.25) is 0 Å². The maximum absolute atomic E-state index is 6.63. The Hall–Kier alpha value is -1.32. The molecule has 0 saturated heterocycles. The molecule has 0 fully saturated rings. The predicted molar refractivity (Wildman–Crippen MR) is 87.2 cm³/mol. The molecule has 2 nitrogen and oxygen atoms in total. The molecule has 0 aliphatic carbocycles. The second kappa shape index (κ2) is 5.58. The van der Waals surface area contributed by atoms with Crippen molar-refractivity contribution in [2.75, 3.05) is 0 Å². The summed E-state index contributed by atoms with van der Waals surface area (Å²) in [5.41, 5.74) is 3.16. The number of aromatic nitrogens is 2. The number of imidazole rings is 1. The third-order valence-corrected chi connectivity index (χ3v) is 4.32. The van der Waals surface area contributed by atoms with Gasteiger partial charge in [0.05, 0.1) is 11.0 Å². The van der Waals surface area contributed by atoms with Crippen LogP contribution in [-0.4, -0.2) is 9.55 Å². The Morgan fingerprint density at radius 1 is 1.20 bits per heavy atom. The van der Waals surface area contributed by atoms with Gasteiger partial charge in [-0.25, -0.2) is 4.98 Å². The standard InChI is InChI=1S/C16H14BrClN2/c1-2-20-14-9-8-12(17)10-13(14)19-16(20)15(18)11-6-4-3-5-7-11/h3-10,15H,2H2,1H3. The minimum Gasteiger partial charge on any atom is -0.327 e. The van der Waals surface area contributed by atoms with Crippen molar-refractivity contribution in [2.45, 2.75) is 18.8 Å². The summed E-state index contributed by atoms with van der Waals surface area (Å²) in [6, 6.07) is 16.2. The lowest BCUT2D eigenvalue weighted by Crippen LogP contribution is -2.05. The van der Waals surface area contributed by atoms with Gasteiger partial charge in [0.1, 0.15) is 11.2 Å². The van der Waals surface area contributed by atoms with Crippen molar-refractivity contribution in [3.63, 3.8) is 0 Å². The third kappa shape index (κ3) is 2.36. The molecule has 1 unspecified atom stereocenters. The van der Waals surface area contributed by atoms with E-state index in [1.54, 1.807) is 0 Å². The minimum atomic E-state index is -0.234. The zero-order valence-electron chi connectivity index (χ0n) is 11.1. The molecule has 0 bridgehead atoms. The van der Waals surface area contributed by atoms with Crippen molar-refractivity contribution in [2.24, 2.45) is 0 Å². The van der Waals surface area contributed by atoms with Gasteiger partial charge in [-0.2, -0.15) is 0 Å². The van der Waals surface area contributed by atoms with E-state index in [9.17, 15) is 0 Å². The fourth-order valence-corrected chi connectivity index (χ4v) is 3.08. The van der Waals surface area contributed by atoms with E-state index in [1.807, 2.05) is 42.5 Å². The molecule has 102 valence electrons. The first-order chi connectivity index (χ1) is 9.70. The second-order valence-electron chi connectivity index (χ2n) is 4.62. The van der Waals surface area contributed by atoms with Crippen LogP contribution in [-0.2, 0) is 6.54 Å². The molecular formula is C16H14BrClN2. The predicted octanol–water partition coefficient (Wildman–Crippen LogP) is 5.15. The normalized spacial score (nSPS) is 12.8. The number of hydrogen-bond donors (Lipinski definition) is 0. The Bertz CT molecular complexity index is 737. The minimum absolute atomic E-state index is 0.234. The average Bonchev–Trinajstić information content (AvgIpc) is 2.84. The highest BCUT2D eigenvalue weighted by Gasteiger charge is 2.19. The lowest BCUT2D eigenvalue weighted by Gasteiger charge is -2.11. The zero-order chi connectivity index (χ0) is 14.1. The van der Waals surface area contributed by atoms with Crippen LogP contribution in [0.15, 0.2) is 53.0 Å². The van der Waals surface area contributed by atoms with Gasteiger partial charge in [0.25, 0.3) is 0 Å². The van der Waals surface area contributed by atoms with Gasteiger partial charge in [0.15, 0.2) is 0 Å². The van der Waals surface area contributed by atoms with E-state index < -0.39 is 0 Å². The number of aryl methyl sites for hydroxylation is 1. The van der Waals surface area contributed by atoms with Crippen LogP contribution in [0.25, 0.3) is 11.0 Å². The van der Waals surface area contributed by atoms with Crippen molar-refractivity contribution in [1.29, 1.82) is 0 Å².